The van der Waals surface area contributed by atoms with Gasteiger partial charge in [-0.05, 0) is 18.2 Å². The number of benzene rings is 1. The Balaban J connectivity index is 2.27. The van der Waals surface area contributed by atoms with Gasteiger partial charge in [0.05, 0.1) is 21.7 Å². The third kappa shape index (κ3) is 3.23. The molecule has 0 spiro atoms. The molecular formula is C12H8ClFN4O3. The van der Waals surface area contributed by atoms with E-state index in [1.807, 2.05) is 0 Å². The number of rotatable bonds is 3. The number of hydrogen-bond donors (Lipinski definition) is 2. The molecule has 2 rings (SSSR count). The van der Waals surface area contributed by atoms with Crippen molar-refractivity contribution in [3.8, 4) is 0 Å². The van der Waals surface area contributed by atoms with Crippen molar-refractivity contribution in [2.45, 2.75) is 0 Å². The third-order valence-electron chi connectivity index (χ3n) is 2.49. The van der Waals surface area contributed by atoms with Gasteiger partial charge in [0.15, 0.2) is 5.82 Å². The molecule has 0 fully saturated rings. The molecule has 0 radical (unpaired) electrons. The summed E-state index contributed by atoms with van der Waals surface area (Å²) >= 11 is 5.80. The molecule has 7 nitrogen and oxygen atoms in total. The quantitative estimate of drug-likeness (QED) is 0.668. The largest absolute Gasteiger partial charge is 0.384 e. The van der Waals surface area contributed by atoms with Gasteiger partial charge >= 0.3 is 0 Å². The van der Waals surface area contributed by atoms with Gasteiger partial charge in [-0.1, -0.05) is 11.6 Å². The molecule has 3 N–H and O–H groups in total. The number of amides is 1. The lowest BCUT2D eigenvalue weighted by Crippen LogP contribution is -2.16. The van der Waals surface area contributed by atoms with Crippen LogP contribution in [0.4, 0.5) is 21.6 Å². The fourth-order valence-corrected chi connectivity index (χ4v) is 1.71. The summed E-state index contributed by atoms with van der Waals surface area (Å²) in [5, 5.41) is 12.8. The predicted octanol–water partition coefficient (Wildman–Crippen LogP) is 2.62. The van der Waals surface area contributed by atoms with E-state index in [2.05, 4.69) is 10.3 Å². The normalized spacial score (nSPS) is 10.2. The number of halogens is 2. The Labute approximate surface area is 122 Å². The van der Waals surface area contributed by atoms with Gasteiger partial charge in [0.1, 0.15) is 11.5 Å². The van der Waals surface area contributed by atoms with Gasteiger partial charge in [0.2, 0.25) is 0 Å². The molecule has 1 aromatic carbocycles. The molecule has 0 saturated heterocycles. The molecular weight excluding hydrogens is 303 g/mol. The highest BCUT2D eigenvalue weighted by molar-refractivity contribution is 6.34. The summed E-state index contributed by atoms with van der Waals surface area (Å²) in [6.07, 6.45) is 0. The number of nitro groups is 1. The highest BCUT2D eigenvalue weighted by atomic mass is 35.5. The zero-order valence-corrected chi connectivity index (χ0v) is 11.1. The van der Waals surface area contributed by atoms with Gasteiger partial charge in [-0.25, -0.2) is 9.37 Å². The molecule has 108 valence electrons. The van der Waals surface area contributed by atoms with E-state index in [0.717, 1.165) is 12.1 Å². The van der Waals surface area contributed by atoms with Gasteiger partial charge in [-0.2, -0.15) is 0 Å². The van der Waals surface area contributed by atoms with Gasteiger partial charge in [0, 0.05) is 6.07 Å². The van der Waals surface area contributed by atoms with Crippen LogP contribution in [-0.4, -0.2) is 15.8 Å². The van der Waals surface area contributed by atoms with Crippen LogP contribution >= 0.6 is 11.6 Å². The summed E-state index contributed by atoms with van der Waals surface area (Å²) in [7, 11) is 0. The van der Waals surface area contributed by atoms with Crippen molar-refractivity contribution in [1.82, 2.24) is 4.98 Å². The first-order valence-corrected chi connectivity index (χ1v) is 5.93. The summed E-state index contributed by atoms with van der Waals surface area (Å²) in [5.74, 6) is -1.65. The predicted molar refractivity (Wildman–Crippen MR) is 74.7 cm³/mol. The van der Waals surface area contributed by atoms with Gasteiger partial charge in [0.25, 0.3) is 11.6 Å². The van der Waals surface area contributed by atoms with Crippen LogP contribution < -0.4 is 11.1 Å². The molecule has 0 unspecified atom stereocenters. The SMILES string of the molecule is Nc1ccc(Cl)c(C(=O)Nc2ccc([N+](=O)[O-])cc2F)n1. The monoisotopic (exact) mass is 310 g/mol. The van der Waals surface area contributed by atoms with Crippen LogP contribution in [-0.2, 0) is 0 Å². The lowest BCUT2D eigenvalue weighted by molar-refractivity contribution is -0.385. The second kappa shape index (κ2) is 5.71. The molecule has 1 amide bonds. The van der Waals surface area contributed by atoms with Gasteiger partial charge in [-0.15, -0.1) is 0 Å². The number of nitrogens with two attached hydrogens (primary N) is 1. The van der Waals surface area contributed by atoms with E-state index >= 15 is 0 Å². The highest BCUT2D eigenvalue weighted by Gasteiger charge is 2.16. The fourth-order valence-electron chi connectivity index (χ4n) is 1.52. The van der Waals surface area contributed by atoms with Gasteiger partial charge in [-0.3, -0.25) is 14.9 Å². The Morgan fingerprint density at radius 1 is 1.38 bits per heavy atom. The van der Waals surface area contributed by atoms with E-state index in [9.17, 15) is 19.3 Å². The molecule has 2 aromatic rings. The molecule has 0 aliphatic carbocycles. The number of pyridine rings is 1. The van der Waals surface area contributed by atoms with Crippen molar-refractivity contribution < 1.29 is 14.1 Å². The first kappa shape index (κ1) is 14.7. The Morgan fingerprint density at radius 3 is 2.71 bits per heavy atom. The Morgan fingerprint density at radius 2 is 2.10 bits per heavy atom. The molecule has 0 bridgehead atoms. The number of nitro benzene ring substituents is 1. The second-order valence-corrected chi connectivity index (χ2v) is 4.35. The summed E-state index contributed by atoms with van der Waals surface area (Å²) in [6, 6.07) is 5.62. The Kier molecular flexibility index (Phi) is 3.99. The van der Waals surface area contributed by atoms with E-state index in [1.165, 1.54) is 12.1 Å². The lowest BCUT2D eigenvalue weighted by Gasteiger charge is -2.07. The van der Waals surface area contributed by atoms with E-state index in [4.69, 9.17) is 17.3 Å². The molecule has 0 atom stereocenters. The summed E-state index contributed by atoms with van der Waals surface area (Å²) in [4.78, 5) is 25.4. The second-order valence-electron chi connectivity index (χ2n) is 3.94. The molecule has 0 saturated carbocycles. The maximum absolute atomic E-state index is 13.7. The lowest BCUT2D eigenvalue weighted by atomic mass is 10.2. The Hall–Kier alpha value is -2.74. The van der Waals surface area contributed by atoms with E-state index in [0.29, 0.717) is 6.07 Å². The molecule has 0 aliphatic rings. The zero-order chi connectivity index (χ0) is 15.6. The molecule has 1 aromatic heterocycles. The van der Waals surface area contributed by atoms with E-state index < -0.39 is 22.3 Å². The van der Waals surface area contributed by atoms with Crippen molar-refractivity contribution >= 4 is 34.7 Å². The summed E-state index contributed by atoms with van der Waals surface area (Å²) in [5.41, 5.74) is 4.62. The van der Waals surface area contributed by atoms with E-state index in [1.54, 1.807) is 0 Å². The molecule has 0 aliphatic heterocycles. The number of carbonyl (C=O) groups is 1. The number of nitrogens with one attached hydrogen (secondary N) is 1. The minimum Gasteiger partial charge on any atom is -0.384 e. The maximum atomic E-state index is 13.7. The minimum absolute atomic E-state index is 0.0454. The average Bonchev–Trinajstić information content (AvgIpc) is 2.43. The van der Waals surface area contributed by atoms with Gasteiger partial charge < -0.3 is 11.1 Å². The third-order valence-corrected chi connectivity index (χ3v) is 2.80. The molecule has 9 heteroatoms. The van der Waals surface area contributed by atoms with Crippen LogP contribution in [0.2, 0.25) is 5.02 Å². The number of non-ortho nitro benzene ring substituents is 1. The Bertz CT molecular complexity index is 738. The van der Waals surface area contributed by atoms with Crippen LogP contribution in [0.15, 0.2) is 30.3 Å². The van der Waals surface area contributed by atoms with Crippen molar-refractivity contribution in [2.24, 2.45) is 0 Å². The van der Waals surface area contributed by atoms with Crippen molar-refractivity contribution in [3.05, 3.63) is 57.0 Å². The van der Waals surface area contributed by atoms with E-state index in [-0.39, 0.29) is 22.2 Å². The number of anilines is 2. The van der Waals surface area contributed by atoms with Crippen LogP contribution in [0, 0.1) is 15.9 Å². The standard InChI is InChI=1S/C12H8ClFN4O3/c13-7-2-4-10(15)17-11(7)12(19)16-9-3-1-6(18(20)21)5-8(9)14/h1-5H,(H2,15,17)(H,16,19). The average molecular weight is 311 g/mol. The number of carbonyl (C=O) groups excluding carboxylic acids is 1. The number of hydrogen-bond acceptors (Lipinski definition) is 5. The summed E-state index contributed by atoms with van der Waals surface area (Å²) in [6.45, 7) is 0. The van der Waals surface area contributed by atoms with Crippen molar-refractivity contribution in [1.29, 1.82) is 0 Å². The van der Waals surface area contributed by atoms with Crippen LogP contribution in [0.25, 0.3) is 0 Å². The zero-order valence-electron chi connectivity index (χ0n) is 10.3. The first-order valence-electron chi connectivity index (χ1n) is 5.56. The molecule has 1 heterocycles. The maximum Gasteiger partial charge on any atom is 0.275 e. The van der Waals surface area contributed by atoms with Crippen LogP contribution in [0.3, 0.4) is 0 Å². The van der Waals surface area contributed by atoms with Crippen LogP contribution in [0.5, 0.6) is 0 Å². The number of aromatic nitrogens is 1. The highest BCUT2D eigenvalue weighted by Crippen LogP contribution is 2.22. The number of nitrogen functional groups attached to an aromatic ring is 1. The first-order chi connectivity index (χ1) is 9.88. The van der Waals surface area contributed by atoms with Crippen LogP contribution in [0.1, 0.15) is 10.5 Å². The topological polar surface area (TPSA) is 111 Å². The summed E-state index contributed by atoms with van der Waals surface area (Å²) < 4.78 is 13.7. The molecule has 21 heavy (non-hydrogen) atoms. The van der Waals surface area contributed by atoms with Crippen molar-refractivity contribution in [2.75, 3.05) is 11.1 Å². The minimum atomic E-state index is -0.947. The smallest absolute Gasteiger partial charge is 0.275 e. The van der Waals surface area contributed by atoms with Crippen molar-refractivity contribution in [3.63, 3.8) is 0 Å². The fraction of sp³-hybridized carbons (Fsp3) is 0. The number of nitrogens with zero attached hydrogens (tertiary/aromatic N) is 2.